The normalized spacial score (nSPS) is 11.9. The second kappa shape index (κ2) is 6.22. The van der Waals surface area contributed by atoms with Gasteiger partial charge in [-0.25, -0.2) is 4.98 Å². The molecule has 0 bridgehead atoms. The van der Waals surface area contributed by atoms with E-state index >= 15 is 0 Å². The molecule has 0 fully saturated rings. The van der Waals surface area contributed by atoms with Crippen LogP contribution in [-0.4, -0.2) is 9.55 Å². The summed E-state index contributed by atoms with van der Waals surface area (Å²) in [4.78, 5) is 4.86. The fraction of sp³-hybridized carbons (Fsp3) is 0.471. The Labute approximate surface area is 135 Å². The maximum Gasteiger partial charge on any atom is 0.131 e. The van der Waals surface area contributed by atoms with Gasteiger partial charge in [0.05, 0.1) is 0 Å². The van der Waals surface area contributed by atoms with Gasteiger partial charge in [0.25, 0.3) is 0 Å². The minimum atomic E-state index is -0.0184. The van der Waals surface area contributed by atoms with Gasteiger partial charge in [0.1, 0.15) is 17.3 Å². The molecule has 0 aliphatic carbocycles. The Hall–Kier alpha value is -1.29. The molecule has 0 spiro atoms. The first kappa shape index (κ1) is 16.1. The lowest BCUT2D eigenvalue weighted by atomic mass is 9.95. The van der Waals surface area contributed by atoms with Crippen LogP contribution < -0.4 is 5.73 Å². The summed E-state index contributed by atoms with van der Waals surface area (Å²) in [7, 11) is 0. The van der Waals surface area contributed by atoms with Crippen molar-refractivity contribution in [2.45, 2.75) is 52.5 Å². The fourth-order valence-corrected chi connectivity index (χ4v) is 2.67. The van der Waals surface area contributed by atoms with E-state index in [1.807, 2.05) is 12.1 Å². The number of nitrogen functional groups attached to an aromatic ring is 1. The van der Waals surface area contributed by atoms with Gasteiger partial charge in [-0.1, -0.05) is 62.2 Å². The van der Waals surface area contributed by atoms with Crippen molar-refractivity contribution >= 4 is 21.7 Å². The van der Waals surface area contributed by atoms with Crippen LogP contribution in [0.15, 0.2) is 28.7 Å². The van der Waals surface area contributed by atoms with E-state index in [1.54, 1.807) is 0 Å². The monoisotopic (exact) mass is 349 g/mol. The molecular weight excluding hydrogens is 326 g/mol. The number of imidazole rings is 1. The number of anilines is 1. The van der Waals surface area contributed by atoms with Crippen LogP contribution >= 0.6 is 15.9 Å². The molecule has 4 heteroatoms. The number of benzene rings is 1. The number of unbranched alkanes of at least 4 members (excludes halogenated alkanes) is 1. The molecule has 1 aromatic heterocycles. The van der Waals surface area contributed by atoms with Crippen LogP contribution in [0.5, 0.6) is 0 Å². The number of hydrogen-bond acceptors (Lipinski definition) is 2. The van der Waals surface area contributed by atoms with Crippen molar-refractivity contribution in [3.05, 3.63) is 34.6 Å². The highest BCUT2D eigenvalue weighted by molar-refractivity contribution is 9.10. The molecule has 0 aliphatic rings. The summed E-state index contributed by atoms with van der Waals surface area (Å²) in [6.07, 6.45) is 2.26. The summed E-state index contributed by atoms with van der Waals surface area (Å²) in [5.41, 5.74) is 8.34. The van der Waals surface area contributed by atoms with E-state index < -0.39 is 0 Å². The minimum absolute atomic E-state index is 0.0184. The maximum absolute atomic E-state index is 6.40. The second-order valence-corrected chi connectivity index (χ2v) is 7.35. The van der Waals surface area contributed by atoms with Crippen molar-refractivity contribution in [3.63, 3.8) is 0 Å². The number of nitrogens with two attached hydrogens (primary N) is 1. The third kappa shape index (κ3) is 3.49. The number of rotatable bonds is 4. The molecule has 3 nitrogen and oxygen atoms in total. The lowest BCUT2D eigenvalue weighted by Gasteiger charge is -2.20. The molecule has 0 radical (unpaired) electrons. The van der Waals surface area contributed by atoms with Gasteiger partial charge in [-0.05, 0) is 18.6 Å². The average Bonchev–Trinajstić information content (AvgIpc) is 2.74. The second-order valence-electron chi connectivity index (χ2n) is 6.43. The van der Waals surface area contributed by atoms with E-state index in [1.165, 1.54) is 0 Å². The highest BCUT2D eigenvalue weighted by atomic mass is 79.9. The van der Waals surface area contributed by atoms with Gasteiger partial charge >= 0.3 is 0 Å². The zero-order chi connectivity index (χ0) is 15.6. The van der Waals surface area contributed by atoms with E-state index in [2.05, 4.69) is 60.3 Å². The van der Waals surface area contributed by atoms with Gasteiger partial charge in [0, 0.05) is 22.0 Å². The molecule has 2 aromatic rings. The third-order valence-electron chi connectivity index (χ3n) is 3.53. The van der Waals surface area contributed by atoms with Crippen molar-refractivity contribution in [2.75, 3.05) is 5.73 Å². The van der Waals surface area contributed by atoms with Crippen molar-refractivity contribution in [3.8, 4) is 11.3 Å². The first-order valence-corrected chi connectivity index (χ1v) is 8.26. The van der Waals surface area contributed by atoms with E-state index in [9.17, 15) is 0 Å². The SMILES string of the molecule is CCCCn1c(C(C)(C)C)nc(-c2ccc(Br)cc2)c1N. The van der Waals surface area contributed by atoms with Gasteiger partial charge in [0.15, 0.2) is 0 Å². The molecule has 0 saturated heterocycles. The number of aromatic nitrogens is 2. The molecule has 21 heavy (non-hydrogen) atoms. The van der Waals surface area contributed by atoms with Crippen molar-refractivity contribution in [2.24, 2.45) is 0 Å². The topological polar surface area (TPSA) is 43.8 Å². The van der Waals surface area contributed by atoms with E-state index in [0.29, 0.717) is 0 Å². The largest absolute Gasteiger partial charge is 0.383 e. The molecule has 114 valence electrons. The predicted molar refractivity (Wildman–Crippen MR) is 93.4 cm³/mol. The van der Waals surface area contributed by atoms with Gasteiger partial charge in [-0.2, -0.15) is 0 Å². The Kier molecular flexibility index (Phi) is 4.77. The summed E-state index contributed by atoms with van der Waals surface area (Å²) < 4.78 is 3.24. The lowest BCUT2D eigenvalue weighted by Crippen LogP contribution is -2.20. The Morgan fingerprint density at radius 3 is 2.33 bits per heavy atom. The van der Waals surface area contributed by atoms with E-state index in [4.69, 9.17) is 10.7 Å². The average molecular weight is 350 g/mol. The van der Waals surface area contributed by atoms with Crippen LogP contribution in [0.25, 0.3) is 11.3 Å². The highest BCUT2D eigenvalue weighted by Gasteiger charge is 2.25. The van der Waals surface area contributed by atoms with Crippen molar-refractivity contribution in [1.29, 1.82) is 0 Å². The molecule has 0 atom stereocenters. The Morgan fingerprint density at radius 1 is 1.19 bits per heavy atom. The maximum atomic E-state index is 6.40. The minimum Gasteiger partial charge on any atom is -0.383 e. The summed E-state index contributed by atoms with van der Waals surface area (Å²) in [6, 6.07) is 8.16. The van der Waals surface area contributed by atoms with Crippen molar-refractivity contribution < 1.29 is 0 Å². The summed E-state index contributed by atoms with van der Waals surface area (Å²) in [5, 5.41) is 0. The quantitative estimate of drug-likeness (QED) is 0.844. The number of hydrogen-bond donors (Lipinski definition) is 1. The predicted octanol–water partition coefficient (Wildman–Crippen LogP) is 4.99. The summed E-state index contributed by atoms with van der Waals surface area (Å²) in [5.74, 6) is 1.84. The van der Waals surface area contributed by atoms with E-state index in [0.717, 1.165) is 46.8 Å². The van der Waals surface area contributed by atoms with Crippen molar-refractivity contribution in [1.82, 2.24) is 9.55 Å². The van der Waals surface area contributed by atoms with Crippen LogP contribution in [0.2, 0.25) is 0 Å². The van der Waals surface area contributed by atoms with Crippen LogP contribution in [0.4, 0.5) is 5.82 Å². The smallest absolute Gasteiger partial charge is 0.131 e. The molecule has 0 amide bonds. The first-order valence-electron chi connectivity index (χ1n) is 7.47. The van der Waals surface area contributed by atoms with Crippen LogP contribution in [0, 0.1) is 0 Å². The number of halogens is 1. The molecule has 0 unspecified atom stereocenters. The van der Waals surface area contributed by atoms with Gasteiger partial charge < -0.3 is 10.3 Å². The molecule has 1 heterocycles. The summed E-state index contributed by atoms with van der Waals surface area (Å²) in [6.45, 7) is 9.67. The molecule has 2 rings (SSSR count). The lowest BCUT2D eigenvalue weighted by molar-refractivity contribution is 0.491. The first-order chi connectivity index (χ1) is 9.84. The van der Waals surface area contributed by atoms with Crippen LogP contribution in [0.1, 0.15) is 46.4 Å². The van der Waals surface area contributed by atoms with Crippen LogP contribution in [0.3, 0.4) is 0 Å². The van der Waals surface area contributed by atoms with Gasteiger partial charge in [0.2, 0.25) is 0 Å². The molecule has 1 aromatic carbocycles. The molecule has 0 saturated carbocycles. The zero-order valence-electron chi connectivity index (χ0n) is 13.3. The fourth-order valence-electron chi connectivity index (χ4n) is 2.40. The Bertz CT molecular complexity index is 606. The van der Waals surface area contributed by atoms with Crippen LogP contribution in [-0.2, 0) is 12.0 Å². The van der Waals surface area contributed by atoms with E-state index in [-0.39, 0.29) is 5.41 Å². The molecule has 2 N–H and O–H groups in total. The molecular formula is C17H24BrN3. The highest BCUT2D eigenvalue weighted by Crippen LogP contribution is 2.32. The standard InChI is InChI=1S/C17H24BrN3/c1-5-6-11-21-15(19)14(20-16(21)17(2,3)4)12-7-9-13(18)10-8-12/h7-10H,5-6,11,19H2,1-4H3. The number of nitrogens with zero attached hydrogens (tertiary/aromatic N) is 2. The molecule has 0 aliphatic heterocycles. The summed E-state index contributed by atoms with van der Waals surface area (Å²) >= 11 is 3.47. The zero-order valence-corrected chi connectivity index (χ0v) is 14.9. The van der Waals surface area contributed by atoms with Gasteiger partial charge in [-0.15, -0.1) is 0 Å². The Balaban J connectivity index is 2.52. The Morgan fingerprint density at radius 2 is 1.81 bits per heavy atom. The third-order valence-corrected chi connectivity index (χ3v) is 4.06. The van der Waals surface area contributed by atoms with Gasteiger partial charge in [-0.3, -0.25) is 0 Å².